The van der Waals surface area contributed by atoms with Crippen LogP contribution in [0.3, 0.4) is 0 Å². The summed E-state index contributed by atoms with van der Waals surface area (Å²) >= 11 is 0. The third kappa shape index (κ3) is 9.20. The van der Waals surface area contributed by atoms with Gasteiger partial charge in [-0.3, -0.25) is 24.0 Å². The van der Waals surface area contributed by atoms with E-state index in [0.29, 0.717) is 5.75 Å². The molecule has 11 nitrogen and oxygen atoms in total. The summed E-state index contributed by atoms with van der Waals surface area (Å²) in [6.07, 6.45) is 0.0440. The number of amides is 2. The number of nitrogens with zero attached hydrogens (tertiary/aromatic N) is 3. The van der Waals surface area contributed by atoms with E-state index in [1.54, 1.807) is 51.1 Å². The van der Waals surface area contributed by atoms with E-state index in [2.05, 4.69) is 5.32 Å². The zero-order valence-corrected chi connectivity index (χ0v) is 28.7. The molecular formula is C36H39FN4O7S. The molecule has 4 rings (SSSR count). The van der Waals surface area contributed by atoms with Gasteiger partial charge in [-0.05, 0) is 69.7 Å². The first-order chi connectivity index (χ1) is 23.1. The minimum absolute atomic E-state index is 0.0440. The van der Waals surface area contributed by atoms with Crippen molar-refractivity contribution in [3.63, 3.8) is 0 Å². The maximum Gasteiger partial charge on any atom is 0.273 e. The van der Waals surface area contributed by atoms with Gasteiger partial charge >= 0.3 is 0 Å². The molecular weight excluding hydrogens is 651 g/mol. The second kappa shape index (κ2) is 15.3. The molecule has 0 bridgehead atoms. The van der Waals surface area contributed by atoms with Gasteiger partial charge in [-0.25, -0.2) is 12.8 Å². The number of aryl methyl sites for hydroxylation is 1. The zero-order valence-electron chi connectivity index (χ0n) is 27.9. The van der Waals surface area contributed by atoms with Crippen molar-refractivity contribution in [2.45, 2.75) is 57.1 Å². The van der Waals surface area contributed by atoms with Crippen LogP contribution in [0.2, 0.25) is 0 Å². The van der Waals surface area contributed by atoms with Crippen molar-refractivity contribution in [2.24, 2.45) is 0 Å². The molecule has 0 saturated heterocycles. The summed E-state index contributed by atoms with van der Waals surface area (Å²) in [4.78, 5) is 40.3. The summed E-state index contributed by atoms with van der Waals surface area (Å²) in [6, 6.07) is 23.0. The standard InChI is InChI=1S/C36H39FN4O7S/c1-25-15-20-30(22-32(25)41(44)45)49(46,47)40(28-16-18-29(48-5)19-17-28)24-34(42)39(23-27-13-9-10-14-31(27)37)33(35(43)38-36(2,3)4)21-26-11-7-6-8-12-26/h6-20,22,33H,21,23-24H2,1-5H3,(H,38,43)/t33-/m0/s1. The van der Waals surface area contributed by atoms with Gasteiger partial charge in [0.1, 0.15) is 24.2 Å². The quantitative estimate of drug-likeness (QED) is 0.138. The molecule has 0 aliphatic carbocycles. The number of nitro benzene ring substituents is 1. The first kappa shape index (κ1) is 36.5. The minimum Gasteiger partial charge on any atom is -0.497 e. The van der Waals surface area contributed by atoms with Gasteiger partial charge in [-0.2, -0.15) is 0 Å². The van der Waals surface area contributed by atoms with Crippen LogP contribution < -0.4 is 14.4 Å². The average molecular weight is 691 g/mol. The fraction of sp³-hybridized carbons (Fsp3) is 0.278. The third-order valence-electron chi connectivity index (χ3n) is 7.67. The smallest absolute Gasteiger partial charge is 0.273 e. The van der Waals surface area contributed by atoms with Crippen LogP contribution in [-0.4, -0.2) is 55.3 Å². The number of carbonyl (C=O) groups excluding carboxylic acids is 2. The van der Waals surface area contributed by atoms with Crippen molar-refractivity contribution in [1.29, 1.82) is 0 Å². The molecule has 0 spiro atoms. The Kier molecular flexibility index (Phi) is 11.4. The molecule has 0 aliphatic heterocycles. The number of nitro groups is 1. The SMILES string of the molecule is COc1ccc(N(CC(=O)N(Cc2ccccc2F)[C@@H](Cc2ccccc2)C(=O)NC(C)(C)C)S(=O)(=O)c2ccc(C)c([N+](=O)[O-])c2)cc1. The van der Waals surface area contributed by atoms with Gasteiger partial charge in [0.05, 0.1) is 22.6 Å². The number of ether oxygens (including phenoxy) is 1. The van der Waals surface area contributed by atoms with Crippen molar-refractivity contribution in [2.75, 3.05) is 18.0 Å². The van der Waals surface area contributed by atoms with E-state index in [9.17, 15) is 28.1 Å². The average Bonchev–Trinajstić information content (AvgIpc) is 3.05. The van der Waals surface area contributed by atoms with E-state index in [1.165, 1.54) is 73.5 Å². The fourth-order valence-electron chi connectivity index (χ4n) is 5.17. The first-order valence-electron chi connectivity index (χ1n) is 15.4. The Morgan fingerprint density at radius 2 is 1.59 bits per heavy atom. The number of carbonyl (C=O) groups is 2. The maximum atomic E-state index is 15.1. The van der Waals surface area contributed by atoms with Gasteiger partial charge < -0.3 is 15.0 Å². The van der Waals surface area contributed by atoms with Crippen molar-refractivity contribution in [3.8, 4) is 5.75 Å². The zero-order chi connectivity index (χ0) is 35.9. The first-order valence-corrected chi connectivity index (χ1v) is 16.9. The van der Waals surface area contributed by atoms with E-state index in [4.69, 9.17) is 4.74 Å². The van der Waals surface area contributed by atoms with Crippen LogP contribution >= 0.6 is 0 Å². The van der Waals surface area contributed by atoms with E-state index < -0.39 is 61.3 Å². The predicted molar refractivity (Wildman–Crippen MR) is 184 cm³/mol. The lowest BCUT2D eigenvalue weighted by Crippen LogP contribution is -2.56. The molecule has 49 heavy (non-hydrogen) atoms. The monoisotopic (exact) mass is 690 g/mol. The lowest BCUT2D eigenvalue weighted by Gasteiger charge is -2.35. The van der Waals surface area contributed by atoms with Crippen LogP contribution in [0.5, 0.6) is 5.75 Å². The number of benzene rings is 4. The molecule has 0 aliphatic rings. The maximum absolute atomic E-state index is 15.1. The second-order valence-electron chi connectivity index (χ2n) is 12.5. The molecule has 4 aromatic carbocycles. The van der Waals surface area contributed by atoms with Crippen molar-refractivity contribution < 1.29 is 32.1 Å². The highest BCUT2D eigenvalue weighted by atomic mass is 32.2. The van der Waals surface area contributed by atoms with Gasteiger partial charge in [0.15, 0.2) is 0 Å². The van der Waals surface area contributed by atoms with Crippen LogP contribution in [-0.2, 0) is 32.6 Å². The summed E-state index contributed by atoms with van der Waals surface area (Å²) in [7, 11) is -3.18. The summed E-state index contributed by atoms with van der Waals surface area (Å²) in [6.45, 7) is 5.66. The highest BCUT2D eigenvalue weighted by Gasteiger charge is 2.36. The highest BCUT2D eigenvalue weighted by Crippen LogP contribution is 2.30. The molecule has 0 unspecified atom stereocenters. The minimum atomic E-state index is -4.62. The molecule has 4 aromatic rings. The molecule has 0 heterocycles. The lowest BCUT2D eigenvalue weighted by atomic mass is 10.0. The Labute approximate surface area is 285 Å². The van der Waals surface area contributed by atoms with Crippen LogP contribution in [0.15, 0.2) is 102 Å². The Morgan fingerprint density at radius 3 is 2.18 bits per heavy atom. The number of hydrogen-bond donors (Lipinski definition) is 1. The molecule has 13 heteroatoms. The summed E-state index contributed by atoms with van der Waals surface area (Å²) in [5.74, 6) is -1.52. The number of anilines is 1. The Bertz CT molecular complexity index is 1910. The molecule has 2 amide bonds. The lowest BCUT2D eigenvalue weighted by molar-refractivity contribution is -0.385. The Morgan fingerprint density at radius 1 is 0.959 bits per heavy atom. The normalized spacial score (nSPS) is 12.1. The Balaban J connectivity index is 1.86. The molecule has 0 fully saturated rings. The van der Waals surface area contributed by atoms with E-state index in [0.717, 1.165) is 15.9 Å². The van der Waals surface area contributed by atoms with Gasteiger partial charge in [-0.1, -0.05) is 54.6 Å². The van der Waals surface area contributed by atoms with Crippen LogP contribution in [0, 0.1) is 22.9 Å². The van der Waals surface area contributed by atoms with Gasteiger partial charge in [0, 0.05) is 35.7 Å². The predicted octanol–water partition coefficient (Wildman–Crippen LogP) is 5.80. The molecule has 258 valence electrons. The largest absolute Gasteiger partial charge is 0.497 e. The molecule has 0 radical (unpaired) electrons. The molecule has 0 saturated carbocycles. The van der Waals surface area contributed by atoms with Crippen molar-refractivity contribution >= 4 is 33.2 Å². The topological polar surface area (TPSA) is 139 Å². The number of hydrogen-bond acceptors (Lipinski definition) is 7. The van der Waals surface area contributed by atoms with Gasteiger partial charge in [0.25, 0.3) is 15.7 Å². The van der Waals surface area contributed by atoms with Crippen LogP contribution in [0.25, 0.3) is 0 Å². The summed E-state index contributed by atoms with van der Waals surface area (Å²) in [5.41, 5.74) is 0.0323. The summed E-state index contributed by atoms with van der Waals surface area (Å²) < 4.78 is 49.7. The molecule has 1 N–H and O–H groups in total. The Hall–Kier alpha value is -5.30. The number of halogens is 1. The van der Waals surface area contributed by atoms with Crippen molar-refractivity contribution in [1.82, 2.24) is 10.2 Å². The second-order valence-corrected chi connectivity index (χ2v) is 14.3. The molecule has 0 aromatic heterocycles. The number of sulfonamides is 1. The van der Waals surface area contributed by atoms with E-state index in [-0.39, 0.29) is 29.8 Å². The van der Waals surface area contributed by atoms with Crippen LogP contribution in [0.1, 0.15) is 37.5 Å². The van der Waals surface area contributed by atoms with Crippen LogP contribution in [0.4, 0.5) is 15.8 Å². The van der Waals surface area contributed by atoms with Gasteiger partial charge in [0.2, 0.25) is 11.8 Å². The van der Waals surface area contributed by atoms with E-state index >= 15 is 4.39 Å². The van der Waals surface area contributed by atoms with E-state index in [1.807, 2.05) is 6.07 Å². The number of nitrogens with one attached hydrogen (secondary N) is 1. The summed E-state index contributed by atoms with van der Waals surface area (Å²) in [5, 5.41) is 14.6. The molecule has 1 atom stereocenters. The van der Waals surface area contributed by atoms with Crippen molar-refractivity contribution in [3.05, 3.63) is 130 Å². The highest BCUT2D eigenvalue weighted by molar-refractivity contribution is 7.92. The van der Waals surface area contributed by atoms with Gasteiger partial charge in [-0.15, -0.1) is 0 Å². The third-order valence-corrected chi connectivity index (χ3v) is 9.44. The fourth-order valence-corrected chi connectivity index (χ4v) is 6.60. The number of rotatable bonds is 13. The number of methoxy groups -OCH3 is 1.